The molecule has 1 aliphatic heterocycles. The van der Waals surface area contributed by atoms with E-state index in [0.717, 1.165) is 18.9 Å². The molecule has 0 radical (unpaired) electrons. The van der Waals surface area contributed by atoms with E-state index in [9.17, 15) is 30.8 Å². The van der Waals surface area contributed by atoms with E-state index < -0.39 is 44.4 Å². The van der Waals surface area contributed by atoms with Gasteiger partial charge in [-0.15, -0.1) is 0 Å². The van der Waals surface area contributed by atoms with Crippen molar-refractivity contribution in [3.63, 3.8) is 0 Å². The molecule has 1 fully saturated rings. The quantitative estimate of drug-likeness (QED) is 0.828. The molecule has 5 nitrogen and oxygen atoms in total. The number of halogens is 4. The number of benzene rings is 1. The first-order valence-electron chi connectivity index (χ1n) is 7.20. The number of sulfonamides is 1. The van der Waals surface area contributed by atoms with Crippen LogP contribution in [0.1, 0.15) is 25.3 Å². The lowest BCUT2D eigenvalue weighted by atomic mass is 10.2. The Morgan fingerprint density at radius 3 is 2.38 bits per heavy atom. The number of rotatable bonds is 4. The summed E-state index contributed by atoms with van der Waals surface area (Å²) >= 11 is 0. The second kappa shape index (κ2) is 6.67. The van der Waals surface area contributed by atoms with E-state index in [1.54, 1.807) is 0 Å². The summed E-state index contributed by atoms with van der Waals surface area (Å²) in [5, 5.41) is 0. The molecule has 1 amide bonds. The normalized spacial score (nSPS) is 17.1. The number of nitrogens with one attached hydrogen (secondary N) is 1. The predicted molar refractivity (Wildman–Crippen MR) is 77.0 cm³/mol. The first kappa shape index (κ1) is 18.7. The first-order chi connectivity index (χ1) is 11.0. The molecule has 1 saturated heterocycles. The van der Waals surface area contributed by atoms with Crippen LogP contribution in [0.5, 0.6) is 0 Å². The van der Waals surface area contributed by atoms with Gasteiger partial charge in [-0.25, -0.2) is 12.8 Å². The molecule has 1 N–H and O–H groups in total. The van der Waals surface area contributed by atoms with Crippen LogP contribution in [0, 0.1) is 5.82 Å². The Kier molecular flexibility index (Phi) is 5.19. The third-order valence-corrected chi connectivity index (χ3v) is 5.21. The van der Waals surface area contributed by atoms with E-state index >= 15 is 0 Å². The summed E-state index contributed by atoms with van der Waals surface area (Å²) in [6.07, 6.45) is -3.39. The Hall–Kier alpha value is -1.68. The van der Waals surface area contributed by atoms with Crippen molar-refractivity contribution in [1.29, 1.82) is 0 Å². The van der Waals surface area contributed by atoms with Crippen molar-refractivity contribution >= 4 is 15.9 Å². The molecule has 1 aromatic rings. The molecular formula is C14H16F4N2O3S. The summed E-state index contributed by atoms with van der Waals surface area (Å²) in [4.78, 5) is 12.8. The van der Waals surface area contributed by atoms with E-state index in [2.05, 4.69) is 0 Å². The Labute approximate surface area is 136 Å². The molecule has 1 heterocycles. The maximum atomic E-state index is 13.3. The summed E-state index contributed by atoms with van der Waals surface area (Å²) in [6, 6.07) is 0.238. The van der Waals surface area contributed by atoms with Gasteiger partial charge >= 0.3 is 6.18 Å². The topological polar surface area (TPSA) is 66.5 Å². The standard InChI is InChI=1S/C14H16F4N2O3S/c1-9(13(21)20-6-2-3-7-20)19-24(22,23)10-4-5-12(15)11(8-10)14(16,17)18/h4-5,8-9,19H,2-3,6-7H2,1H3. The Bertz CT molecular complexity index is 728. The van der Waals surface area contributed by atoms with Crippen molar-refractivity contribution in [3.8, 4) is 0 Å². The largest absolute Gasteiger partial charge is 0.419 e. The molecule has 10 heteroatoms. The van der Waals surface area contributed by atoms with Gasteiger partial charge in [0.05, 0.1) is 16.5 Å². The van der Waals surface area contributed by atoms with E-state index in [1.165, 1.54) is 11.8 Å². The number of hydrogen-bond acceptors (Lipinski definition) is 3. The Morgan fingerprint density at radius 2 is 1.83 bits per heavy atom. The lowest BCUT2D eigenvalue weighted by molar-refractivity contribution is -0.140. The fraction of sp³-hybridized carbons (Fsp3) is 0.500. The van der Waals surface area contributed by atoms with Crippen LogP contribution in [-0.4, -0.2) is 38.4 Å². The zero-order valence-corrected chi connectivity index (χ0v) is 13.5. The molecule has 1 atom stereocenters. The maximum absolute atomic E-state index is 13.3. The average molecular weight is 368 g/mol. The summed E-state index contributed by atoms with van der Waals surface area (Å²) in [5.74, 6) is -2.02. The molecule has 24 heavy (non-hydrogen) atoms. The molecule has 0 aliphatic carbocycles. The lowest BCUT2D eigenvalue weighted by Gasteiger charge is -2.21. The van der Waals surface area contributed by atoms with Crippen LogP contribution in [0.15, 0.2) is 23.1 Å². The SMILES string of the molecule is CC(NS(=O)(=O)c1ccc(F)c(C(F)(F)F)c1)C(=O)N1CCCC1. The molecule has 0 bridgehead atoms. The minimum absolute atomic E-state index is 0.213. The van der Waals surface area contributed by atoms with Crippen LogP contribution in [0.25, 0.3) is 0 Å². The number of carbonyl (C=O) groups is 1. The highest BCUT2D eigenvalue weighted by molar-refractivity contribution is 7.89. The number of amides is 1. The van der Waals surface area contributed by atoms with E-state index in [0.29, 0.717) is 19.2 Å². The smallest absolute Gasteiger partial charge is 0.341 e. The number of carbonyl (C=O) groups excluding carboxylic acids is 1. The second-order valence-electron chi connectivity index (χ2n) is 5.51. The molecule has 134 valence electrons. The van der Waals surface area contributed by atoms with Crippen molar-refractivity contribution in [2.45, 2.75) is 36.9 Å². The van der Waals surface area contributed by atoms with Crippen LogP contribution in [0.4, 0.5) is 17.6 Å². The summed E-state index contributed by atoms with van der Waals surface area (Å²) in [6.45, 7) is 2.34. The van der Waals surface area contributed by atoms with E-state index in [-0.39, 0.29) is 6.07 Å². The van der Waals surface area contributed by atoms with Crippen LogP contribution in [-0.2, 0) is 21.0 Å². The van der Waals surface area contributed by atoms with Crippen LogP contribution >= 0.6 is 0 Å². The molecule has 0 spiro atoms. The van der Waals surface area contributed by atoms with Gasteiger partial charge in [-0.1, -0.05) is 0 Å². The number of nitrogens with zero attached hydrogens (tertiary/aromatic N) is 1. The Morgan fingerprint density at radius 1 is 1.25 bits per heavy atom. The van der Waals surface area contributed by atoms with Crippen molar-refractivity contribution in [2.75, 3.05) is 13.1 Å². The second-order valence-corrected chi connectivity index (χ2v) is 7.23. The molecule has 1 aliphatic rings. The van der Waals surface area contributed by atoms with Gasteiger partial charge < -0.3 is 4.90 Å². The summed E-state index contributed by atoms with van der Waals surface area (Å²) < 4.78 is 77.7. The van der Waals surface area contributed by atoms with Gasteiger partial charge in [0.25, 0.3) is 0 Å². The van der Waals surface area contributed by atoms with Crippen molar-refractivity contribution in [2.24, 2.45) is 0 Å². The van der Waals surface area contributed by atoms with Gasteiger partial charge in [-0.2, -0.15) is 17.9 Å². The fourth-order valence-corrected chi connectivity index (χ4v) is 3.67. The van der Waals surface area contributed by atoms with Gasteiger partial charge in [0, 0.05) is 13.1 Å². The van der Waals surface area contributed by atoms with Crippen molar-refractivity contribution in [3.05, 3.63) is 29.6 Å². The number of hydrogen-bond donors (Lipinski definition) is 1. The third kappa shape index (κ3) is 4.04. The zero-order valence-electron chi connectivity index (χ0n) is 12.7. The number of alkyl halides is 3. The summed E-state index contributed by atoms with van der Waals surface area (Å²) in [5.41, 5.74) is -1.68. The minimum Gasteiger partial charge on any atom is -0.341 e. The lowest BCUT2D eigenvalue weighted by Crippen LogP contribution is -2.45. The Balaban J connectivity index is 2.22. The predicted octanol–water partition coefficient (Wildman–Crippen LogP) is 2.13. The number of likely N-dealkylation sites (tertiary alicyclic amines) is 1. The van der Waals surface area contributed by atoms with Crippen LogP contribution in [0.3, 0.4) is 0 Å². The van der Waals surface area contributed by atoms with E-state index in [1.807, 2.05) is 4.72 Å². The van der Waals surface area contributed by atoms with Crippen LogP contribution in [0.2, 0.25) is 0 Å². The van der Waals surface area contributed by atoms with Gasteiger partial charge in [0.1, 0.15) is 5.82 Å². The molecule has 1 aromatic carbocycles. The summed E-state index contributed by atoms with van der Waals surface area (Å²) in [7, 11) is -4.40. The zero-order chi connectivity index (χ0) is 18.1. The van der Waals surface area contributed by atoms with Gasteiger partial charge in [0.2, 0.25) is 15.9 Å². The molecule has 1 unspecified atom stereocenters. The van der Waals surface area contributed by atoms with Gasteiger partial charge in [0.15, 0.2) is 0 Å². The third-order valence-electron chi connectivity index (χ3n) is 3.67. The van der Waals surface area contributed by atoms with Crippen LogP contribution < -0.4 is 4.72 Å². The minimum atomic E-state index is -5.02. The highest BCUT2D eigenvalue weighted by Crippen LogP contribution is 2.32. The highest BCUT2D eigenvalue weighted by Gasteiger charge is 2.36. The molecular weight excluding hydrogens is 352 g/mol. The van der Waals surface area contributed by atoms with Gasteiger partial charge in [-0.05, 0) is 38.0 Å². The average Bonchev–Trinajstić information content (AvgIpc) is 2.99. The molecule has 2 rings (SSSR count). The van der Waals surface area contributed by atoms with Gasteiger partial charge in [-0.3, -0.25) is 4.79 Å². The monoisotopic (exact) mass is 368 g/mol. The highest BCUT2D eigenvalue weighted by atomic mass is 32.2. The van der Waals surface area contributed by atoms with E-state index in [4.69, 9.17) is 0 Å². The maximum Gasteiger partial charge on any atom is 0.419 e. The first-order valence-corrected chi connectivity index (χ1v) is 8.68. The van der Waals surface area contributed by atoms with Crippen molar-refractivity contribution < 1.29 is 30.8 Å². The molecule has 0 aromatic heterocycles. The fourth-order valence-electron chi connectivity index (χ4n) is 2.45. The molecule has 0 saturated carbocycles. The van der Waals surface area contributed by atoms with Crippen molar-refractivity contribution in [1.82, 2.24) is 9.62 Å².